The number of H-pyrrole nitrogens is 1. The number of esters is 1. The van der Waals surface area contributed by atoms with E-state index >= 15 is 0 Å². The lowest BCUT2D eigenvalue weighted by molar-refractivity contribution is -0.143. The number of hydrogen-bond acceptors (Lipinski definition) is 16. The van der Waals surface area contributed by atoms with Crippen molar-refractivity contribution in [1.29, 1.82) is 0 Å². The van der Waals surface area contributed by atoms with Crippen LogP contribution in [0.4, 0.5) is 0 Å². The Morgan fingerprint density at radius 3 is 2.47 bits per heavy atom. The molecule has 19 nitrogen and oxygen atoms in total. The van der Waals surface area contributed by atoms with E-state index in [2.05, 4.69) is 50.7 Å². The average molecular weight is 863 g/mol. The summed E-state index contributed by atoms with van der Waals surface area (Å²) in [5, 5.41) is 0. The summed E-state index contributed by atoms with van der Waals surface area (Å²) in [5.41, 5.74) is -1.83. The lowest BCUT2D eigenvalue weighted by atomic mass is 10.2. The zero-order valence-corrected chi connectivity index (χ0v) is 33.8. The van der Waals surface area contributed by atoms with E-state index in [0.29, 0.717) is 19.0 Å². The number of carbonyl (C=O) groups excluding carboxylic acids is 1. The molecule has 1 fully saturated rings. The molecule has 1 aromatic heterocycles. The highest BCUT2D eigenvalue weighted by atomic mass is 33.1. The standard InChI is InChI=1S/C25H41N2O17P3S4/c1-25(2,3)50-49-16-38-11-7-8-12-39-22(28)10-6-5-9-18-14-27(24(30)26-23(18)29)21-13-19(40-17-51(4)48)20(42-21)15-41-46(34,35)44-47(36,37)43-45(31,32)33/h14,19-21H,6-8,10-13,15-17H2,1-4H3,(H,34,35)(H,36,37)(H,26,29,30)(H2,31,32,33)/t19-,20+,21+,51?/m0/s1. The van der Waals surface area contributed by atoms with Gasteiger partial charge in [-0.25, -0.2) is 18.5 Å². The molecule has 0 amide bonds. The molecule has 3 unspecified atom stereocenters. The summed E-state index contributed by atoms with van der Waals surface area (Å²) >= 11 is 5.12. The first-order chi connectivity index (χ1) is 23.6. The van der Waals surface area contributed by atoms with E-state index in [-0.39, 0.29) is 42.1 Å². The predicted molar refractivity (Wildman–Crippen MR) is 192 cm³/mol. The van der Waals surface area contributed by atoms with Crippen LogP contribution in [0.1, 0.15) is 64.7 Å². The topological polar surface area (TPSA) is 269 Å². The molecule has 6 atom stereocenters. The van der Waals surface area contributed by atoms with Gasteiger partial charge in [0.25, 0.3) is 5.56 Å². The van der Waals surface area contributed by atoms with Crippen molar-refractivity contribution in [2.75, 3.05) is 38.0 Å². The smallest absolute Gasteiger partial charge is 0.466 e. The summed E-state index contributed by atoms with van der Waals surface area (Å²) in [5.74, 6) is 5.43. The van der Waals surface area contributed by atoms with Gasteiger partial charge in [0.15, 0.2) is 0 Å². The van der Waals surface area contributed by atoms with Gasteiger partial charge in [-0.1, -0.05) is 63.7 Å². The zero-order chi connectivity index (χ0) is 38.5. The van der Waals surface area contributed by atoms with E-state index in [1.165, 1.54) is 0 Å². The van der Waals surface area contributed by atoms with Gasteiger partial charge in [0.2, 0.25) is 0 Å². The molecule has 0 bridgehead atoms. The highest BCUT2D eigenvalue weighted by Gasteiger charge is 2.43. The molecule has 5 N–H and O–H groups in total. The van der Waals surface area contributed by atoms with E-state index < -0.39 is 75.2 Å². The fourth-order valence-electron chi connectivity index (χ4n) is 3.82. The Hall–Kier alpha value is -0.730. The molecular weight excluding hydrogens is 821 g/mol. The van der Waals surface area contributed by atoms with Crippen LogP contribution in [0, 0.1) is 11.8 Å². The minimum Gasteiger partial charge on any atom is -0.466 e. The second-order valence-electron chi connectivity index (χ2n) is 11.4. The van der Waals surface area contributed by atoms with E-state index in [0.717, 1.165) is 17.2 Å². The monoisotopic (exact) mass is 862 g/mol. The van der Waals surface area contributed by atoms with Gasteiger partial charge in [0.05, 0.1) is 31.7 Å². The van der Waals surface area contributed by atoms with Gasteiger partial charge in [-0.15, -0.1) is 0 Å². The van der Waals surface area contributed by atoms with Crippen molar-refractivity contribution >= 4 is 71.7 Å². The maximum Gasteiger partial charge on any atom is 0.490 e. The number of phosphoric acid groups is 3. The zero-order valence-electron chi connectivity index (χ0n) is 27.9. The lowest BCUT2D eigenvalue weighted by Gasteiger charge is -2.21. The number of ether oxygens (including phenoxy) is 4. The van der Waals surface area contributed by atoms with Crippen LogP contribution in [0.5, 0.6) is 0 Å². The summed E-state index contributed by atoms with van der Waals surface area (Å²) in [4.78, 5) is 75.9. The maximum absolute atomic E-state index is 12.7. The number of unbranched alkanes of at least 4 members (excludes halogenated alkanes) is 1. The molecule has 1 aliphatic rings. The second-order valence-corrected chi connectivity index (χ2v) is 22.0. The van der Waals surface area contributed by atoms with Crippen LogP contribution < -0.4 is 11.2 Å². The number of nitrogens with one attached hydrogen (secondary N) is 1. The number of aromatic nitrogens is 2. The van der Waals surface area contributed by atoms with E-state index in [1.54, 1.807) is 27.8 Å². The molecule has 0 aliphatic carbocycles. The summed E-state index contributed by atoms with van der Waals surface area (Å²) in [7, 11) is -14.1. The Morgan fingerprint density at radius 2 is 1.82 bits per heavy atom. The Kier molecular flexibility index (Phi) is 19.5. The molecule has 292 valence electrons. The Morgan fingerprint density at radius 1 is 1.14 bits per heavy atom. The largest absolute Gasteiger partial charge is 0.490 e. The molecule has 0 aromatic carbocycles. The molecule has 2 rings (SSSR count). The van der Waals surface area contributed by atoms with Gasteiger partial charge in [-0.2, -0.15) is 8.62 Å². The minimum atomic E-state index is -5.76. The normalized spacial score (nSPS) is 20.9. The first kappa shape index (κ1) is 46.4. The number of carbonyl (C=O) groups is 1. The molecule has 0 spiro atoms. The number of nitrogens with zero attached hydrogens (tertiary/aromatic N) is 1. The summed E-state index contributed by atoms with van der Waals surface area (Å²) in [6.07, 6.45) is 0.838. The molecule has 0 radical (unpaired) electrons. The van der Waals surface area contributed by atoms with Crippen molar-refractivity contribution in [2.45, 2.75) is 76.1 Å². The molecule has 1 aromatic rings. The van der Waals surface area contributed by atoms with Gasteiger partial charge in [0, 0.05) is 30.4 Å². The first-order valence-corrected chi connectivity index (χ1v) is 24.4. The second kappa shape index (κ2) is 21.4. The minimum absolute atomic E-state index is 0.0341. The van der Waals surface area contributed by atoms with Gasteiger partial charge in [-0.3, -0.25) is 23.7 Å². The van der Waals surface area contributed by atoms with Crippen LogP contribution in [0.15, 0.2) is 15.8 Å². The maximum atomic E-state index is 12.7. The Bertz CT molecular complexity index is 1670. The SMILES string of the molecule is CS(=S)CO[C@H]1C[C@H](n2cc(C#CCCC(=O)OCCCCOCSSC(C)(C)C)c(=O)[nH]c2=O)O[C@@H]1COP(=O)(O)OP(=O)(O)OP(=O)(O)O. The van der Waals surface area contributed by atoms with Gasteiger partial charge in [-0.05, 0) is 30.3 Å². The number of phosphoric ester groups is 1. The summed E-state index contributed by atoms with van der Waals surface area (Å²) in [6, 6.07) is 0. The van der Waals surface area contributed by atoms with Crippen molar-refractivity contribution in [3.05, 3.63) is 32.6 Å². The van der Waals surface area contributed by atoms with Gasteiger partial charge < -0.3 is 38.5 Å². The highest BCUT2D eigenvalue weighted by molar-refractivity contribution is 8.77. The number of rotatable bonds is 21. The quantitative estimate of drug-likeness (QED) is 0.0297. The Balaban J connectivity index is 1.96. The third-order valence-corrected chi connectivity index (χ3v) is 13.4. The lowest BCUT2D eigenvalue weighted by Crippen LogP contribution is -2.33. The van der Waals surface area contributed by atoms with Crippen molar-refractivity contribution in [3.63, 3.8) is 0 Å². The Labute approximate surface area is 308 Å². The van der Waals surface area contributed by atoms with Gasteiger partial charge in [0.1, 0.15) is 23.8 Å². The molecule has 51 heavy (non-hydrogen) atoms. The van der Waals surface area contributed by atoms with Crippen molar-refractivity contribution < 1.29 is 70.2 Å². The average Bonchev–Trinajstić information content (AvgIpc) is 3.37. The fourth-order valence-corrected chi connectivity index (χ4v) is 9.38. The van der Waals surface area contributed by atoms with E-state index in [9.17, 15) is 37.9 Å². The molecular formula is C25H41N2O17P3S4. The molecule has 1 aliphatic heterocycles. The molecule has 2 heterocycles. The van der Waals surface area contributed by atoms with Crippen molar-refractivity contribution in [2.24, 2.45) is 0 Å². The molecule has 1 saturated heterocycles. The molecule has 0 saturated carbocycles. The molecule has 26 heteroatoms. The third-order valence-electron chi connectivity index (χ3n) is 5.79. The van der Waals surface area contributed by atoms with Crippen LogP contribution in [0.25, 0.3) is 0 Å². The van der Waals surface area contributed by atoms with Crippen LogP contribution in [-0.4, -0.2) is 90.0 Å². The third kappa shape index (κ3) is 20.0. The predicted octanol–water partition coefficient (Wildman–Crippen LogP) is 2.83. The van der Waals surface area contributed by atoms with Crippen LogP contribution in [0.2, 0.25) is 0 Å². The number of hydrogen-bond donors (Lipinski definition) is 5. The van der Waals surface area contributed by atoms with Crippen molar-refractivity contribution in [1.82, 2.24) is 9.55 Å². The fraction of sp³-hybridized carbons (Fsp3) is 0.720. The van der Waals surface area contributed by atoms with Crippen LogP contribution in [-0.2, 0) is 71.2 Å². The highest BCUT2D eigenvalue weighted by Crippen LogP contribution is 2.66. The summed E-state index contributed by atoms with van der Waals surface area (Å²) < 4.78 is 70.2. The van der Waals surface area contributed by atoms with Gasteiger partial charge >= 0.3 is 35.1 Å². The van der Waals surface area contributed by atoms with Crippen LogP contribution >= 0.6 is 45.1 Å². The van der Waals surface area contributed by atoms with Crippen LogP contribution in [0.3, 0.4) is 0 Å². The van der Waals surface area contributed by atoms with Crippen molar-refractivity contribution in [3.8, 4) is 11.8 Å². The van der Waals surface area contributed by atoms with E-state index in [4.69, 9.17) is 39.9 Å². The summed E-state index contributed by atoms with van der Waals surface area (Å²) in [6.45, 7) is 6.30. The number of aromatic amines is 1. The first-order valence-electron chi connectivity index (χ1n) is 14.8. The van der Waals surface area contributed by atoms with E-state index in [1.807, 2.05) is 0 Å².